The smallest absolute Gasteiger partial charge is 0.497 e. The Labute approximate surface area is 160 Å². The number of carbonyl (C=O) groups is 1. The van der Waals surface area contributed by atoms with Crippen LogP contribution in [0.4, 0.5) is 0 Å². The average molecular weight is 371 g/mol. The molecule has 0 aliphatic carbocycles. The number of esters is 1. The van der Waals surface area contributed by atoms with E-state index in [1.165, 1.54) is 7.11 Å². The molecule has 1 aromatic heterocycles. The van der Waals surface area contributed by atoms with E-state index in [2.05, 4.69) is 0 Å². The second-order valence-electron chi connectivity index (χ2n) is 7.66. The van der Waals surface area contributed by atoms with Crippen molar-refractivity contribution in [3.05, 3.63) is 47.7 Å². The van der Waals surface area contributed by atoms with E-state index in [1.54, 1.807) is 13.2 Å². The molecule has 0 amide bonds. The maximum absolute atomic E-state index is 12.3. The Kier molecular flexibility index (Phi) is 5.10. The minimum atomic E-state index is -0.563. The molecule has 7 heteroatoms. The molecule has 2 aromatic rings. The van der Waals surface area contributed by atoms with Crippen molar-refractivity contribution >= 4 is 18.7 Å². The SMILES string of the molecule is COC(=O)c1ccc(B2OC(C)(C)C(C)(C)O2)n1Cc1ccc(OC)cc1. The van der Waals surface area contributed by atoms with Crippen molar-refractivity contribution < 1.29 is 23.6 Å². The predicted octanol–water partition coefficient (Wildman–Crippen LogP) is 2.63. The topological polar surface area (TPSA) is 58.9 Å². The van der Waals surface area contributed by atoms with E-state index in [0.29, 0.717) is 12.2 Å². The normalized spacial score (nSPS) is 17.8. The van der Waals surface area contributed by atoms with Crippen LogP contribution in [-0.4, -0.2) is 43.1 Å². The van der Waals surface area contributed by atoms with Crippen LogP contribution in [0.1, 0.15) is 43.7 Å². The summed E-state index contributed by atoms with van der Waals surface area (Å²) in [5, 5.41) is 0. The Morgan fingerprint density at radius 1 is 1.00 bits per heavy atom. The van der Waals surface area contributed by atoms with Gasteiger partial charge in [0, 0.05) is 12.1 Å². The zero-order valence-corrected chi connectivity index (χ0v) is 16.7. The molecule has 1 fully saturated rings. The van der Waals surface area contributed by atoms with E-state index in [1.807, 2.05) is 62.6 Å². The van der Waals surface area contributed by atoms with Gasteiger partial charge in [-0.25, -0.2) is 4.79 Å². The lowest BCUT2D eigenvalue weighted by molar-refractivity contribution is 0.00578. The second-order valence-corrected chi connectivity index (χ2v) is 7.66. The highest BCUT2D eigenvalue weighted by atomic mass is 16.7. The van der Waals surface area contributed by atoms with Gasteiger partial charge in [-0.15, -0.1) is 0 Å². The molecule has 1 aromatic carbocycles. The molecular formula is C20H26BNO5. The van der Waals surface area contributed by atoms with Gasteiger partial charge >= 0.3 is 13.1 Å². The quantitative estimate of drug-likeness (QED) is 0.598. The Morgan fingerprint density at radius 3 is 2.11 bits per heavy atom. The summed E-state index contributed by atoms with van der Waals surface area (Å²) in [6.45, 7) is 8.51. The molecule has 144 valence electrons. The third kappa shape index (κ3) is 3.62. The van der Waals surface area contributed by atoms with Crippen LogP contribution in [-0.2, 0) is 20.6 Å². The summed E-state index contributed by atoms with van der Waals surface area (Å²) in [7, 11) is 2.44. The first-order valence-electron chi connectivity index (χ1n) is 8.95. The van der Waals surface area contributed by atoms with Gasteiger partial charge in [-0.2, -0.15) is 0 Å². The molecule has 1 aliphatic heterocycles. The van der Waals surface area contributed by atoms with Crippen LogP contribution in [0.15, 0.2) is 36.4 Å². The maximum Gasteiger partial charge on any atom is 0.512 e. The van der Waals surface area contributed by atoms with E-state index in [9.17, 15) is 4.79 Å². The number of ether oxygens (including phenoxy) is 2. The molecule has 27 heavy (non-hydrogen) atoms. The average Bonchev–Trinajstić information content (AvgIpc) is 3.12. The van der Waals surface area contributed by atoms with Crippen LogP contribution >= 0.6 is 0 Å². The maximum atomic E-state index is 12.3. The largest absolute Gasteiger partial charge is 0.512 e. The van der Waals surface area contributed by atoms with Crippen LogP contribution in [0.5, 0.6) is 5.75 Å². The Morgan fingerprint density at radius 2 is 1.59 bits per heavy atom. The van der Waals surface area contributed by atoms with Crippen LogP contribution in [0.3, 0.4) is 0 Å². The molecule has 0 spiro atoms. The van der Waals surface area contributed by atoms with Crippen molar-refractivity contribution in [1.29, 1.82) is 0 Å². The van der Waals surface area contributed by atoms with Crippen molar-refractivity contribution in [2.45, 2.75) is 45.4 Å². The standard InChI is InChI=1S/C20H26BNO5/c1-19(2)20(3,4)27-21(26-19)17-12-11-16(18(23)25-6)22(17)13-14-7-9-15(24-5)10-8-14/h7-12H,13H2,1-6H3. The number of carbonyl (C=O) groups excluding carboxylic acids is 1. The number of methoxy groups -OCH3 is 2. The summed E-state index contributed by atoms with van der Waals surface area (Å²) in [5.74, 6) is 0.386. The van der Waals surface area contributed by atoms with Crippen LogP contribution < -0.4 is 10.3 Å². The van der Waals surface area contributed by atoms with Crippen molar-refractivity contribution in [1.82, 2.24) is 4.57 Å². The predicted molar refractivity (Wildman–Crippen MR) is 104 cm³/mol. The zero-order chi connectivity index (χ0) is 19.8. The summed E-state index contributed by atoms with van der Waals surface area (Å²) in [5.41, 5.74) is 1.34. The first kappa shape index (κ1) is 19.5. The summed E-state index contributed by atoms with van der Waals surface area (Å²) < 4.78 is 24.4. The highest BCUT2D eigenvalue weighted by molar-refractivity contribution is 6.61. The lowest BCUT2D eigenvalue weighted by atomic mass is 9.84. The fourth-order valence-electron chi connectivity index (χ4n) is 3.03. The fraction of sp³-hybridized carbons (Fsp3) is 0.450. The number of aromatic nitrogens is 1. The Balaban J connectivity index is 1.97. The van der Waals surface area contributed by atoms with E-state index in [4.69, 9.17) is 18.8 Å². The third-order valence-electron chi connectivity index (χ3n) is 5.40. The number of hydrogen-bond donors (Lipinski definition) is 0. The monoisotopic (exact) mass is 371 g/mol. The molecular weight excluding hydrogens is 345 g/mol. The van der Waals surface area contributed by atoms with Crippen LogP contribution in [0.2, 0.25) is 0 Å². The molecule has 0 radical (unpaired) electrons. The van der Waals surface area contributed by atoms with E-state index < -0.39 is 24.3 Å². The molecule has 1 aliphatic rings. The van der Waals surface area contributed by atoms with Crippen molar-refractivity contribution in [2.75, 3.05) is 14.2 Å². The lowest BCUT2D eigenvalue weighted by Gasteiger charge is -2.32. The van der Waals surface area contributed by atoms with E-state index in [0.717, 1.165) is 16.9 Å². The summed E-state index contributed by atoms with van der Waals surface area (Å²) in [4.78, 5) is 12.3. The number of benzene rings is 1. The highest BCUT2D eigenvalue weighted by Gasteiger charge is 2.52. The molecule has 0 bridgehead atoms. The number of rotatable bonds is 5. The molecule has 0 saturated carbocycles. The van der Waals surface area contributed by atoms with E-state index in [-0.39, 0.29) is 0 Å². The zero-order valence-electron chi connectivity index (χ0n) is 16.7. The Hall–Kier alpha value is -2.25. The van der Waals surface area contributed by atoms with Gasteiger partial charge in [0.1, 0.15) is 11.4 Å². The van der Waals surface area contributed by atoms with Gasteiger partial charge in [0.15, 0.2) is 0 Å². The molecule has 0 atom stereocenters. The van der Waals surface area contributed by atoms with Gasteiger partial charge in [0.2, 0.25) is 0 Å². The highest BCUT2D eigenvalue weighted by Crippen LogP contribution is 2.36. The number of hydrogen-bond acceptors (Lipinski definition) is 5. The minimum Gasteiger partial charge on any atom is -0.497 e. The lowest BCUT2D eigenvalue weighted by Crippen LogP contribution is -2.41. The third-order valence-corrected chi connectivity index (χ3v) is 5.40. The summed E-state index contributed by atoms with van der Waals surface area (Å²) in [6.07, 6.45) is 0. The van der Waals surface area contributed by atoms with Gasteiger partial charge in [-0.1, -0.05) is 12.1 Å². The first-order valence-corrected chi connectivity index (χ1v) is 8.95. The molecule has 1 saturated heterocycles. The van der Waals surface area contributed by atoms with Gasteiger partial charge in [-0.05, 0) is 57.5 Å². The Bertz CT molecular complexity index is 809. The van der Waals surface area contributed by atoms with Crippen molar-refractivity contribution in [2.24, 2.45) is 0 Å². The minimum absolute atomic E-state index is 0.397. The van der Waals surface area contributed by atoms with Gasteiger partial charge in [-0.3, -0.25) is 0 Å². The second kappa shape index (κ2) is 7.05. The molecule has 0 N–H and O–H groups in total. The fourth-order valence-corrected chi connectivity index (χ4v) is 3.03. The molecule has 3 rings (SSSR count). The van der Waals surface area contributed by atoms with Gasteiger partial charge < -0.3 is 23.3 Å². The van der Waals surface area contributed by atoms with Gasteiger partial charge in [0.05, 0.1) is 25.4 Å². The van der Waals surface area contributed by atoms with Crippen LogP contribution in [0, 0.1) is 0 Å². The van der Waals surface area contributed by atoms with Gasteiger partial charge in [0.25, 0.3) is 0 Å². The van der Waals surface area contributed by atoms with Crippen LogP contribution in [0.25, 0.3) is 0 Å². The molecule has 2 heterocycles. The van der Waals surface area contributed by atoms with Crippen molar-refractivity contribution in [3.63, 3.8) is 0 Å². The van der Waals surface area contributed by atoms with E-state index >= 15 is 0 Å². The molecule has 0 unspecified atom stereocenters. The molecule has 6 nitrogen and oxygen atoms in total. The summed E-state index contributed by atoms with van der Waals surface area (Å²) >= 11 is 0. The summed E-state index contributed by atoms with van der Waals surface area (Å²) in [6, 6.07) is 11.3. The van der Waals surface area contributed by atoms with Crippen molar-refractivity contribution in [3.8, 4) is 5.75 Å². The first-order chi connectivity index (χ1) is 12.7. The number of nitrogens with zero attached hydrogens (tertiary/aromatic N) is 1.